The molecule has 112 valence electrons. The topological polar surface area (TPSA) is 57.9 Å². The van der Waals surface area contributed by atoms with Gasteiger partial charge in [-0.1, -0.05) is 12.1 Å². The van der Waals surface area contributed by atoms with Gasteiger partial charge in [0.2, 0.25) is 0 Å². The Morgan fingerprint density at radius 1 is 1.32 bits per heavy atom. The second-order valence-electron chi connectivity index (χ2n) is 5.01. The summed E-state index contributed by atoms with van der Waals surface area (Å²) >= 11 is 1.09. The zero-order valence-corrected chi connectivity index (χ0v) is 12.9. The number of carbonyl (C=O) groups excluding carboxylic acids is 1. The fourth-order valence-electron chi connectivity index (χ4n) is 2.52. The highest BCUT2D eigenvalue weighted by Gasteiger charge is 2.23. The third kappa shape index (κ3) is 2.46. The molecule has 1 amide bonds. The minimum absolute atomic E-state index is 0.124. The summed E-state index contributed by atoms with van der Waals surface area (Å²) in [5.74, 6) is -0.566. The van der Waals surface area contributed by atoms with E-state index in [0.717, 1.165) is 28.7 Å². The molecule has 0 saturated carbocycles. The van der Waals surface area contributed by atoms with Crippen LogP contribution in [0.4, 0.5) is 4.39 Å². The lowest BCUT2D eigenvalue weighted by atomic mass is 10.2. The average molecular weight is 315 g/mol. The Morgan fingerprint density at radius 3 is 2.68 bits per heavy atom. The third-order valence-electron chi connectivity index (χ3n) is 3.51. The van der Waals surface area contributed by atoms with Gasteiger partial charge in [0.15, 0.2) is 5.17 Å². The minimum atomic E-state index is -0.293. The normalized spacial score (nSPS) is 16.4. The molecule has 1 fully saturated rings. The van der Waals surface area contributed by atoms with Crippen LogP contribution in [0.3, 0.4) is 0 Å². The highest BCUT2D eigenvalue weighted by atomic mass is 32.2. The van der Waals surface area contributed by atoms with Gasteiger partial charge < -0.3 is 9.88 Å². The number of carbonyl (C=O) groups is 1. The number of benzene rings is 1. The van der Waals surface area contributed by atoms with Gasteiger partial charge in [0.1, 0.15) is 5.82 Å². The van der Waals surface area contributed by atoms with Crippen molar-refractivity contribution in [1.29, 1.82) is 5.41 Å². The maximum absolute atomic E-state index is 14.0. The summed E-state index contributed by atoms with van der Waals surface area (Å²) in [6, 6.07) is 8.50. The van der Waals surface area contributed by atoms with Gasteiger partial charge in [-0.25, -0.2) is 4.39 Å². The number of nitrogens with zero attached hydrogens (tertiary/aromatic N) is 1. The molecule has 3 rings (SSSR count). The molecule has 0 aliphatic carbocycles. The number of para-hydroxylation sites is 1. The number of amidine groups is 1. The van der Waals surface area contributed by atoms with Gasteiger partial charge in [-0.3, -0.25) is 10.2 Å². The van der Waals surface area contributed by atoms with Crippen molar-refractivity contribution in [1.82, 2.24) is 9.88 Å². The van der Waals surface area contributed by atoms with Crippen LogP contribution in [-0.4, -0.2) is 15.6 Å². The number of halogens is 1. The van der Waals surface area contributed by atoms with Gasteiger partial charge in [0.25, 0.3) is 5.91 Å². The van der Waals surface area contributed by atoms with E-state index in [1.54, 1.807) is 24.3 Å². The summed E-state index contributed by atoms with van der Waals surface area (Å²) in [6.07, 6.45) is 1.74. The quantitative estimate of drug-likeness (QED) is 0.835. The average Bonchev–Trinajstić information content (AvgIpc) is 2.91. The Balaban J connectivity index is 2.09. The maximum atomic E-state index is 14.0. The fourth-order valence-corrected chi connectivity index (χ4v) is 3.21. The van der Waals surface area contributed by atoms with Gasteiger partial charge in [0.05, 0.1) is 10.6 Å². The molecule has 2 aromatic rings. The van der Waals surface area contributed by atoms with Crippen LogP contribution < -0.4 is 5.32 Å². The van der Waals surface area contributed by atoms with E-state index in [0.29, 0.717) is 10.6 Å². The number of thioether (sulfide) groups is 1. The van der Waals surface area contributed by atoms with E-state index in [1.165, 1.54) is 6.07 Å². The summed E-state index contributed by atoms with van der Waals surface area (Å²) in [5, 5.41) is 10.0. The number of amides is 1. The van der Waals surface area contributed by atoms with Gasteiger partial charge >= 0.3 is 0 Å². The summed E-state index contributed by atoms with van der Waals surface area (Å²) in [5.41, 5.74) is 3.06. The number of aromatic nitrogens is 1. The lowest BCUT2D eigenvalue weighted by molar-refractivity contribution is -0.115. The Labute approximate surface area is 131 Å². The van der Waals surface area contributed by atoms with Gasteiger partial charge in [0, 0.05) is 11.4 Å². The van der Waals surface area contributed by atoms with E-state index in [1.807, 2.05) is 24.5 Å². The van der Waals surface area contributed by atoms with Crippen molar-refractivity contribution in [3.8, 4) is 5.69 Å². The van der Waals surface area contributed by atoms with Crippen molar-refractivity contribution in [3.05, 3.63) is 58.0 Å². The predicted molar refractivity (Wildman–Crippen MR) is 86.6 cm³/mol. The second-order valence-corrected chi connectivity index (χ2v) is 6.06. The van der Waals surface area contributed by atoms with Crippen molar-refractivity contribution in [2.45, 2.75) is 13.8 Å². The molecule has 1 aliphatic rings. The van der Waals surface area contributed by atoms with Crippen LogP contribution in [-0.2, 0) is 4.79 Å². The molecule has 1 aliphatic heterocycles. The summed E-state index contributed by atoms with van der Waals surface area (Å²) in [6.45, 7) is 3.78. The maximum Gasteiger partial charge on any atom is 0.264 e. The largest absolute Gasteiger partial charge is 0.315 e. The van der Waals surface area contributed by atoms with Gasteiger partial charge in [-0.05, 0) is 55.4 Å². The second kappa shape index (κ2) is 5.46. The van der Waals surface area contributed by atoms with E-state index < -0.39 is 0 Å². The van der Waals surface area contributed by atoms with Crippen LogP contribution >= 0.6 is 11.8 Å². The molecule has 1 saturated heterocycles. The molecule has 6 heteroatoms. The SMILES string of the molecule is Cc1cc(/C=C2\SC(=N)NC2=O)c(C)n1-c1ccccc1F. The Kier molecular flexibility index (Phi) is 3.62. The molecule has 0 radical (unpaired) electrons. The zero-order valence-electron chi connectivity index (χ0n) is 12.1. The molecular formula is C16H14FN3OS. The van der Waals surface area contributed by atoms with E-state index >= 15 is 0 Å². The number of aryl methyl sites for hydroxylation is 1. The molecule has 4 nitrogen and oxygen atoms in total. The van der Waals surface area contributed by atoms with E-state index in [-0.39, 0.29) is 16.9 Å². The minimum Gasteiger partial charge on any atom is -0.315 e. The van der Waals surface area contributed by atoms with Crippen LogP contribution in [0.5, 0.6) is 0 Å². The summed E-state index contributed by atoms with van der Waals surface area (Å²) in [7, 11) is 0. The molecule has 1 aromatic heterocycles. The molecule has 22 heavy (non-hydrogen) atoms. The number of hydrogen-bond donors (Lipinski definition) is 2. The number of rotatable bonds is 2. The smallest absolute Gasteiger partial charge is 0.264 e. The highest BCUT2D eigenvalue weighted by molar-refractivity contribution is 8.18. The molecular weight excluding hydrogens is 301 g/mol. The van der Waals surface area contributed by atoms with Crippen molar-refractivity contribution in [3.63, 3.8) is 0 Å². The van der Waals surface area contributed by atoms with Crippen molar-refractivity contribution in [2.24, 2.45) is 0 Å². The molecule has 1 aromatic carbocycles. The molecule has 0 spiro atoms. The first-order valence-electron chi connectivity index (χ1n) is 6.70. The first-order valence-corrected chi connectivity index (χ1v) is 7.52. The van der Waals surface area contributed by atoms with E-state index in [9.17, 15) is 9.18 Å². The summed E-state index contributed by atoms with van der Waals surface area (Å²) < 4.78 is 15.9. The first kappa shape index (κ1) is 14.6. The molecule has 2 N–H and O–H groups in total. The fraction of sp³-hybridized carbons (Fsp3) is 0.125. The Morgan fingerprint density at radius 2 is 2.05 bits per heavy atom. The Hall–Kier alpha value is -2.34. The third-order valence-corrected chi connectivity index (χ3v) is 4.34. The van der Waals surface area contributed by atoms with Crippen molar-refractivity contribution < 1.29 is 9.18 Å². The van der Waals surface area contributed by atoms with Crippen LogP contribution in [0, 0.1) is 25.1 Å². The standard InChI is InChI=1S/C16H14FN3OS/c1-9-7-11(8-14-15(21)19-16(18)22-14)10(2)20(9)13-6-4-3-5-12(13)17/h3-8H,1-2H3,(H2,18,19,21)/b14-8-. The van der Waals surface area contributed by atoms with Gasteiger partial charge in [-0.15, -0.1) is 0 Å². The molecule has 0 atom stereocenters. The van der Waals surface area contributed by atoms with Crippen molar-refractivity contribution in [2.75, 3.05) is 0 Å². The van der Waals surface area contributed by atoms with Gasteiger partial charge in [-0.2, -0.15) is 0 Å². The van der Waals surface area contributed by atoms with E-state index in [2.05, 4.69) is 5.32 Å². The van der Waals surface area contributed by atoms with Crippen LogP contribution in [0.2, 0.25) is 0 Å². The highest BCUT2D eigenvalue weighted by Crippen LogP contribution is 2.29. The van der Waals surface area contributed by atoms with Crippen LogP contribution in [0.15, 0.2) is 35.2 Å². The van der Waals surface area contributed by atoms with Crippen LogP contribution in [0.25, 0.3) is 11.8 Å². The predicted octanol–water partition coefficient (Wildman–Crippen LogP) is 3.37. The number of nitrogens with one attached hydrogen (secondary N) is 2. The number of hydrogen-bond acceptors (Lipinski definition) is 3. The summed E-state index contributed by atoms with van der Waals surface area (Å²) in [4.78, 5) is 12.2. The molecule has 0 unspecified atom stereocenters. The van der Waals surface area contributed by atoms with Crippen molar-refractivity contribution >= 4 is 28.9 Å². The monoisotopic (exact) mass is 315 g/mol. The lowest BCUT2D eigenvalue weighted by Gasteiger charge is -2.10. The molecule has 2 heterocycles. The lowest BCUT2D eigenvalue weighted by Crippen LogP contribution is -2.18. The van der Waals surface area contributed by atoms with E-state index in [4.69, 9.17) is 5.41 Å². The molecule has 0 bridgehead atoms. The first-order chi connectivity index (χ1) is 10.5. The zero-order chi connectivity index (χ0) is 15.9. The van der Waals surface area contributed by atoms with Crippen LogP contribution in [0.1, 0.15) is 17.0 Å². The Bertz CT molecular complexity index is 823.